The summed E-state index contributed by atoms with van der Waals surface area (Å²) in [7, 11) is 0. The van der Waals surface area contributed by atoms with E-state index in [9.17, 15) is 4.79 Å². The molecule has 0 N–H and O–H groups in total. The number of nitrogens with zero attached hydrogens (tertiary/aromatic N) is 1. The van der Waals surface area contributed by atoms with E-state index in [1.807, 2.05) is 4.90 Å². The average Bonchev–Trinajstić information content (AvgIpc) is 2.72. The molecule has 3 nitrogen and oxygen atoms in total. The molecular formula is C15H23NO2. The van der Waals surface area contributed by atoms with Crippen LogP contribution >= 0.6 is 0 Å². The second kappa shape index (κ2) is 4.01. The molecule has 0 aromatic heterocycles. The highest BCUT2D eigenvalue weighted by Crippen LogP contribution is 2.52. The van der Waals surface area contributed by atoms with Crippen LogP contribution in [0.15, 0.2) is 12.2 Å². The second-order valence-corrected chi connectivity index (χ2v) is 7.12. The van der Waals surface area contributed by atoms with Gasteiger partial charge in [-0.25, -0.2) is 4.79 Å². The van der Waals surface area contributed by atoms with E-state index in [2.05, 4.69) is 32.9 Å². The maximum Gasteiger partial charge on any atom is 0.410 e. The third-order valence-corrected chi connectivity index (χ3v) is 4.70. The lowest BCUT2D eigenvalue weighted by atomic mass is 9.63. The van der Waals surface area contributed by atoms with Crippen LogP contribution in [0.2, 0.25) is 0 Å². The van der Waals surface area contributed by atoms with Crippen molar-refractivity contribution < 1.29 is 9.53 Å². The Bertz CT molecular complexity index is 382. The number of hydrogen-bond donors (Lipinski definition) is 0. The van der Waals surface area contributed by atoms with Gasteiger partial charge in [-0.3, -0.25) is 0 Å². The van der Waals surface area contributed by atoms with E-state index in [1.165, 1.54) is 12.8 Å². The standard InChI is InChI=1S/C15H23NO2/c1-15(2,3)6-4-5-10-7-11-12(10)8-16-13(11)9-18-14(16)17/h4,6,10-13H,5,7-9H2,1-3H3/b6-4+/t10-,11-,12+,13+/m1/s1. The predicted octanol–water partition coefficient (Wildman–Crippen LogP) is 3.07. The van der Waals surface area contributed by atoms with Gasteiger partial charge in [0, 0.05) is 6.54 Å². The Balaban J connectivity index is 1.55. The zero-order valence-corrected chi connectivity index (χ0v) is 11.6. The van der Waals surface area contributed by atoms with Crippen molar-refractivity contribution in [3.05, 3.63) is 12.2 Å². The van der Waals surface area contributed by atoms with Crippen molar-refractivity contribution in [2.45, 2.75) is 39.7 Å². The number of cyclic esters (lactones) is 1. The smallest absolute Gasteiger partial charge is 0.410 e. The molecular weight excluding hydrogens is 226 g/mol. The number of fused-ring (bicyclic) bond motifs is 3. The van der Waals surface area contributed by atoms with Crippen molar-refractivity contribution >= 4 is 6.09 Å². The lowest BCUT2D eigenvalue weighted by Crippen LogP contribution is -2.39. The number of rotatable bonds is 2. The quantitative estimate of drug-likeness (QED) is 0.704. The minimum Gasteiger partial charge on any atom is -0.447 e. The summed E-state index contributed by atoms with van der Waals surface area (Å²) in [5.41, 5.74) is 0.280. The van der Waals surface area contributed by atoms with Crippen molar-refractivity contribution in [2.24, 2.45) is 23.2 Å². The zero-order valence-electron chi connectivity index (χ0n) is 11.6. The topological polar surface area (TPSA) is 29.5 Å². The van der Waals surface area contributed by atoms with Gasteiger partial charge in [0.2, 0.25) is 0 Å². The van der Waals surface area contributed by atoms with Crippen molar-refractivity contribution in [2.75, 3.05) is 13.2 Å². The van der Waals surface area contributed by atoms with Crippen LogP contribution in [0.3, 0.4) is 0 Å². The Morgan fingerprint density at radius 2 is 2.17 bits per heavy atom. The van der Waals surface area contributed by atoms with Crippen LogP contribution in [-0.2, 0) is 4.74 Å². The van der Waals surface area contributed by atoms with Crippen LogP contribution in [-0.4, -0.2) is 30.2 Å². The third-order valence-electron chi connectivity index (χ3n) is 4.70. The van der Waals surface area contributed by atoms with Gasteiger partial charge < -0.3 is 9.64 Å². The molecule has 0 unspecified atom stereocenters. The zero-order chi connectivity index (χ0) is 12.9. The first-order chi connectivity index (χ1) is 8.46. The van der Waals surface area contributed by atoms with Crippen LogP contribution in [0.1, 0.15) is 33.6 Å². The molecule has 3 heteroatoms. The summed E-state index contributed by atoms with van der Waals surface area (Å²) < 4.78 is 5.11. The van der Waals surface area contributed by atoms with Gasteiger partial charge in [0.15, 0.2) is 0 Å². The molecule has 2 aliphatic heterocycles. The monoisotopic (exact) mass is 249 g/mol. The molecule has 0 bridgehead atoms. The highest BCUT2D eigenvalue weighted by molar-refractivity contribution is 5.71. The maximum atomic E-state index is 11.5. The summed E-state index contributed by atoms with van der Waals surface area (Å²) in [4.78, 5) is 13.5. The molecule has 100 valence electrons. The minimum atomic E-state index is -0.0848. The third kappa shape index (κ3) is 1.94. The van der Waals surface area contributed by atoms with Crippen molar-refractivity contribution in [1.29, 1.82) is 0 Å². The Labute approximate surface area is 109 Å². The second-order valence-electron chi connectivity index (χ2n) is 7.12. The Morgan fingerprint density at radius 1 is 1.39 bits per heavy atom. The van der Waals surface area contributed by atoms with Crippen molar-refractivity contribution in [3.63, 3.8) is 0 Å². The molecule has 4 atom stereocenters. The van der Waals surface area contributed by atoms with Crippen LogP contribution in [0.5, 0.6) is 0 Å². The molecule has 0 spiro atoms. The van der Waals surface area contributed by atoms with Crippen molar-refractivity contribution in [3.8, 4) is 0 Å². The first-order valence-electron chi connectivity index (χ1n) is 7.07. The summed E-state index contributed by atoms with van der Waals surface area (Å²) in [6.07, 6.45) is 7.01. The molecule has 0 aromatic rings. The van der Waals surface area contributed by atoms with Crippen LogP contribution in [0.25, 0.3) is 0 Å². The molecule has 1 saturated carbocycles. The van der Waals surface area contributed by atoms with E-state index in [0.29, 0.717) is 18.6 Å². The normalized spacial score (nSPS) is 38.6. The van der Waals surface area contributed by atoms with Gasteiger partial charge in [0.25, 0.3) is 0 Å². The number of carbonyl (C=O) groups excluding carboxylic acids is 1. The molecule has 1 aliphatic carbocycles. The summed E-state index contributed by atoms with van der Waals surface area (Å²) >= 11 is 0. The van der Waals surface area contributed by atoms with Gasteiger partial charge in [-0.1, -0.05) is 32.9 Å². The molecule has 3 fully saturated rings. The fourth-order valence-corrected chi connectivity index (χ4v) is 3.70. The molecule has 18 heavy (non-hydrogen) atoms. The van der Waals surface area contributed by atoms with E-state index >= 15 is 0 Å². The van der Waals surface area contributed by atoms with Crippen LogP contribution in [0.4, 0.5) is 4.79 Å². The molecule has 2 heterocycles. The number of hydrogen-bond acceptors (Lipinski definition) is 2. The van der Waals surface area contributed by atoms with Crippen LogP contribution < -0.4 is 0 Å². The lowest BCUT2D eigenvalue weighted by Gasteiger charge is -2.40. The van der Waals surface area contributed by atoms with Gasteiger partial charge in [-0.15, -0.1) is 0 Å². The van der Waals surface area contributed by atoms with E-state index in [0.717, 1.165) is 18.4 Å². The Kier molecular flexibility index (Phi) is 2.68. The Morgan fingerprint density at radius 3 is 2.89 bits per heavy atom. The summed E-state index contributed by atoms with van der Waals surface area (Å²) in [6, 6.07) is 0.394. The van der Waals surface area contributed by atoms with Gasteiger partial charge >= 0.3 is 6.09 Å². The highest BCUT2D eigenvalue weighted by atomic mass is 16.6. The molecule has 2 saturated heterocycles. The molecule has 1 amide bonds. The molecule has 3 aliphatic rings. The lowest BCUT2D eigenvalue weighted by molar-refractivity contribution is 0.0849. The number of amides is 1. The van der Waals surface area contributed by atoms with Gasteiger partial charge in [0.05, 0.1) is 6.04 Å². The van der Waals surface area contributed by atoms with E-state index in [4.69, 9.17) is 4.74 Å². The number of ether oxygens (including phenoxy) is 1. The minimum absolute atomic E-state index is 0.0848. The fourth-order valence-electron chi connectivity index (χ4n) is 3.70. The largest absolute Gasteiger partial charge is 0.447 e. The molecule has 0 aromatic carbocycles. The number of carbonyl (C=O) groups is 1. The van der Waals surface area contributed by atoms with Gasteiger partial charge in [-0.05, 0) is 36.0 Å². The van der Waals surface area contributed by atoms with Crippen LogP contribution in [0, 0.1) is 23.2 Å². The maximum absolute atomic E-state index is 11.5. The first-order valence-corrected chi connectivity index (χ1v) is 7.07. The average molecular weight is 249 g/mol. The molecule has 3 rings (SSSR count). The van der Waals surface area contributed by atoms with E-state index < -0.39 is 0 Å². The van der Waals surface area contributed by atoms with E-state index in [-0.39, 0.29) is 11.5 Å². The first kappa shape index (κ1) is 12.1. The van der Waals surface area contributed by atoms with Gasteiger partial charge in [-0.2, -0.15) is 0 Å². The Hall–Kier alpha value is -0.990. The van der Waals surface area contributed by atoms with E-state index in [1.54, 1.807) is 0 Å². The van der Waals surface area contributed by atoms with Gasteiger partial charge in [0.1, 0.15) is 6.61 Å². The SMILES string of the molecule is CC(C)(C)/C=C/C[C@@H]1C[C@@H]2[C@H]1CN1C(=O)OC[C@@H]21. The molecule has 0 radical (unpaired) electrons. The highest BCUT2D eigenvalue weighted by Gasteiger charge is 2.56. The summed E-state index contributed by atoms with van der Waals surface area (Å²) in [6.45, 7) is 8.25. The summed E-state index contributed by atoms with van der Waals surface area (Å²) in [5.74, 6) is 2.23. The summed E-state index contributed by atoms with van der Waals surface area (Å²) in [5, 5.41) is 0. The van der Waals surface area contributed by atoms with Crippen molar-refractivity contribution in [1.82, 2.24) is 4.90 Å². The predicted molar refractivity (Wildman–Crippen MR) is 70.1 cm³/mol. The fraction of sp³-hybridized carbons (Fsp3) is 0.800. The number of allylic oxidation sites excluding steroid dienone is 2.